The van der Waals surface area contributed by atoms with Gasteiger partial charge in [0, 0.05) is 17.8 Å². The smallest absolute Gasteiger partial charge is 0.264 e. The van der Waals surface area contributed by atoms with Crippen molar-refractivity contribution in [1.29, 1.82) is 0 Å². The minimum atomic E-state index is -3.96. The Morgan fingerprint density at radius 3 is 1.97 bits per heavy atom. The van der Waals surface area contributed by atoms with E-state index < -0.39 is 20.0 Å². The van der Waals surface area contributed by atoms with Gasteiger partial charge in [-0.25, -0.2) is 16.8 Å². The van der Waals surface area contributed by atoms with Crippen LogP contribution in [0.1, 0.15) is 16.7 Å². The summed E-state index contributed by atoms with van der Waals surface area (Å²) in [7, 11) is -6.41. The molecule has 0 fully saturated rings. The Balaban J connectivity index is 2.06. The van der Waals surface area contributed by atoms with Crippen molar-refractivity contribution in [2.24, 2.45) is 0 Å². The summed E-state index contributed by atoms with van der Waals surface area (Å²) in [5.41, 5.74) is 2.59. The van der Waals surface area contributed by atoms with Crippen LogP contribution < -0.4 is 9.03 Å². The first kappa shape index (κ1) is 23.1. The summed E-state index contributed by atoms with van der Waals surface area (Å²) in [4.78, 5) is 0.126. The molecule has 9 heteroatoms. The number of nitrogens with zero attached hydrogens (tertiary/aromatic N) is 1. The van der Waals surface area contributed by atoms with E-state index in [9.17, 15) is 16.8 Å². The highest BCUT2D eigenvalue weighted by atomic mass is 35.5. The Bertz CT molecular complexity index is 1320. The van der Waals surface area contributed by atoms with Crippen molar-refractivity contribution in [1.82, 2.24) is 0 Å². The van der Waals surface area contributed by atoms with Crippen LogP contribution in [0.15, 0.2) is 70.5 Å². The van der Waals surface area contributed by atoms with Crippen LogP contribution in [-0.4, -0.2) is 23.9 Å². The SMILES string of the molecule is Cc1ccc(S(=O)(=O)N(C)c2c(C)ccc(S(=O)(=O)Nc3ccc(Cl)cc3)c2C)cc1. The highest BCUT2D eigenvalue weighted by molar-refractivity contribution is 7.93. The van der Waals surface area contributed by atoms with E-state index >= 15 is 0 Å². The van der Waals surface area contributed by atoms with Crippen molar-refractivity contribution < 1.29 is 16.8 Å². The van der Waals surface area contributed by atoms with E-state index in [0.29, 0.717) is 27.5 Å². The number of aryl methyl sites for hydroxylation is 2. The maximum Gasteiger partial charge on any atom is 0.264 e. The highest BCUT2D eigenvalue weighted by Gasteiger charge is 2.27. The Labute approximate surface area is 188 Å². The molecule has 3 aromatic carbocycles. The average Bonchev–Trinajstić information content (AvgIpc) is 2.69. The molecule has 0 heterocycles. The molecule has 0 aromatic heterocycles. The molecule has 0 amide bonds. The summed E-state index contributed by atoms with van der Waals surface area (Å²) < 4.78 is 56.1. The molecule has 0 radical (unpaired) electrons. The third-order valence-corrected chi connectivity index (χ3v) is 8.51. The summed E-state index contributed by atoms with van der Waals surface area (Å²) in [6, 6.07) is 15.8. The maximum absolute atomic E-state index is 13.2. The van der Waals surface area contributed by atoms with Crippen molar-refractivity contribution >= 4 is 43.0 Å². The number of hydrogen-bond acceptors (Lipinski definition) is 4. The van der Waals surface area contributed by atoms with Gasteiger partial charge in [0.1, 0.15) is 0 Å². The molecule has 0 aliphatic carbocycles. The molecule has 0 aliphatic heterocycles. The van der Waals surface area contributed by atoms with Crippen molar-refractivity contribution in [3.05, 3.63) is 82.4 Å². The minimum absolute atomic E-state index is 0.00555. The van der Waals surface area contributed by atoms with Gasteiger partial charge in [0.15, 0.2) is 0 Å². The lowest BCUT2D eigenvalue weighted by molar-refractivity contribution is 0.592. The number of hydrogen-bond donors (Lipinski definition) is 1. The number of sulfonamides is 2. The second-order valence-electron chi connectivity index (χ2n) is 7.25. The van der Waals surface area contributed by atoms with Gasteiger partial charge in [-0.15, -0.1) is 0 Å². The molecule has 0 atom stereocenters. The first-order valence-corrected chi connectivity index (χ1v) is 12.7. The summed E-state index contributed by atoms with van der Waals surface area (Å²) in [6.45, 7) is 5.21. The Kier molecular flexibility index (Phi) is 6.36. The fourth-order valence-corrected chi connectivity index (χ4v) is 6.06. The van der Waals surface area contributed by atoms with Crippen LogP contribution >= 0.6 is 11.6 Å². The maximum atomic E-state index is 13.2. The van der Waals surface area contributed by atoms with Crippen LogP contribution in [0.25, 0.3) is 0 Å². The predicted molar refractivity (Wildman–Crippen MR) is 125 cm³/mol. The molecule has 0 unspecified atom stereocenters. The number of nitrogens with one attached hydrogen (secondary N) is 1. The van der Waals surface area contributed by atoms with E-state index in [1.54, 1.807) is 56.3 Å². The second kappa shape index (κ2) is 8.53. The zero-order valence-corrected chi connectivity index (χ0v) is 19.9. The average molecular weight is 479 g/mol. The lowest BCUT2D eigenvalue weighted by Gasteiger charge is -2.25. The van der Waals surface area contributed by atoms with E-state index in [1.165, 1.54) is 25.2 Å². The number of anilines is 2. The molecule has 3 aromatic rings. The molecular formula is C22H23ClN2O4S2. The van der Waals surface area contributed by atoms with Crippen LogP contribution in [0.4, 0.5) is 11.4 Å². The lowest BCUT2D eigenvalue weighted by Crippen LogP contribution is -2.28. The first-order chi connectivity index (χ1) is 14.4. The topological polar surface area (TPSA) is 83.6 Å². The van der Waals surface area contributed by atoms with Crippen molar-refractivity contribution in [2.75, 3.05) is 16.1 Å². The van der Waals surface area contributed by atoms with Gasteiger partial charge in [0.05, 0.1) is 15.5 Å². The third kappa shape index (κ3) is 4.71. The Hall–Kier alpha value is -2.55. The standard InChI is InChI=1S/C22H23ClN2O4S2/c1-15-5-12-20(13-6-15)31(28,29)25(4)22-16(2)7-14-21(17(22)3)30(26,27)24-19-10-8-18(23)9-11-19/h5-14,24H,1-4H3. The molecule has 164 valence electrons. The number of benzene rings is 3. The summed E-state index contributed by atoms with van der Waals surface area (Å²) in [5.74, 6) is 0. The molecule has 0 saturated heterocycles. The van der Waals surface area contributed by atoms with Crippen molar-refractivity contribution in [2.45, 2.75) is 30.6 Å². The molecule has 0 saturated carbocycles. The fourth-order valence-electron chi connectivity index (χ4n) is 3.31. The van der Waals surface area contributed by atoms with Gasteiger partial charge >= 0.3 is 0 Å². The molecule has 0 bridgehead atoms. The predicted octanol–water partition coefficient (Wildman–Crippen LogP) is 4.89. The summed E-state index contributed by atoms with van der Waals surface area (Å²) in [6.07, 6.45) is 0. The zero-order chi connectivity index (χ0) is 23.0. The molecule has 6 nitrogen and oxygen atoms in total. The molecule has 31 heavy (non-hydrogen) atoms. The van der Waals surface area contributed by atoms with E-state index in [1.807, 2.05) is 6.92 Å². The quantitative estimate of drug-likeness (QED) is 0.546. The molecule has 0 spiro atoms. The third-order valence-electron chi connectivity index (χ3n) is 4.96. The number of halogens is 1. The molecular weight excluding hydrogens is 456 g/mol. The van der Waals surface area contributed by atoms with E-state index in [-0.39, 0.29) is 9.79 Å². The summed E-state index contributed by atoms with van der Waals surface area (Å²) in [5, 5.41) is 0.486. The van der Waals surface area contributed by atoms with Gasteiger partial charge in [-0.3, -0.25) is 9.03 Å². The normalized spacial score (nSPS) is 11.9. The largest absolute Gasteiger partial charge is 0.280 e. The van der Waals surface area contributed by atoms with Crippen LogP contribution in [0.5, 0.6) is 0 Å². The second-order valence-corrected chi connectivity index (χ2v) is 11.3. The lowest BCUT2D eigenvalue weighted by atomic mass is 10.1. The van der Waals surface area contributed by atoms with Gasteiger partial charge in [-0.1, -0.05) is 35.4 Å². The first-order valence-electron chi connectivity index (χ1n) is 9.37. The summed E-state index contributed by atoms with van der Waals surface area (Å²) >= 11 is 5.86. The van der Waals surface area contributed by atoms with Crippen LogP contribution in [0.3, 0.4) is 0 Å². The van der Waals surface area contributed by atoms with Gasteiger partial charge < -0.3 is 0 Å². The van der Waals surface area contributed by atoms with Gasteiger partial charge in [-0.2, -0.15) is 0 Å². The van der Waals surface area contributed by atoms with Crippen LogP contribution in [-0.2, 0) is 20.0 Å². The van der Waals surface area contributed by atoms with Gasteiger partial charge in [0.25, 0.3) is 20.0 Å². The van der Waals surface area contributed by atoms with E-state index in [0.717, 1.165) is 9.87 Å². The Morgan fingerprint density at radius 1 is 0.806 bits per heavy atom. The van der Waals surface area contributed by atoms with Crippen LogP contribution in [0.2, 0.25) is 5.02 Å². The monoisotopic (exact) mass is 478 g/mol. The van der Waals surface area contributed by atoms with Gasteiger partial charge in [0.2, 0.25) is 0 Å². The Morgan fingerprint density at radius 2 is 1.39 bits per heavy atom. The van der Waals surface area contributed by atoms with Crippen molar-refractivity contribution in [3.63, 3.8) is 0 Å². The number of rotatable bonds is 6. The molecule has 0 aliphatic rings. The van der Waals surface area contributed by atoms with Crippen molar-refractivity contribution in [3.8, 4) is 0 Å². The molecule has 1 N–H and O–H groups in total. The van der Waals surface area contributed by atoms with E-state index in [4.69, 9.17) is 11.6 Å². The van der Waals surface area contributed by atoms with Gasteiger partial charge in [-0.05, 0) is 74.4 Å². The fraction of sp³-hybridized carbons (Fsp3) is 0.182. The van der Waals surface area contributed by atoms with E-state index in [2.05, 4.69) is 4.72 Å². The molecule has 3 rings (SSSR count). The highest BCUT2D eigenvalue weighted by Crippen LogP contribution is 2.33. The van der Waals surface area contributed by atoms with Crippen LogP contribution in [0, 0.1) is 20.8 Å². The zero-order valence-electron chi connectivity index (χ0n) is 17.5. The minimum Gasteiger partial charge on any atom is -0.280 e.